The number of rotatable bonds is 3. The van der Waals surface area contributed by atoms with E-state index in [9.17, 15) is 23.1 Å². The summed E-state index contributed by atoms with van der Waals surface area (Å²) in [7, 11) is -3.99. The van der Waals surface area contributed by atoms with Crippen LogP contribution in [-0.2, 0) is 14.8 Å². The second-order valence-electron chi connectivity index (χ2n) is 7.27. The normalized spacial score (nSPS) is 26.1. The topological polar surface area (TPSA) is 130 Å². The zero-order valence-corrected chi connectivity index (χ0v) is 15.9. The van der Waals surface area contributed by atoms with Gasteiger partial charge in [-0.3, -0.25) is 9.59 Å². The first kappa shape index (κ1) is 18.1. The molecule has 2 aliphatic heterocycles. The molecule has 10 heteroatoms. The summed E-state index contributed by atoms with van der Waals surface area (Å²) in [5, 5.41) is 17.0. The van der Waals surface area contributed by atoms with Crippen molar-refractivity contribution in [2.24, 2.45) is 0 Å². The number of aliphatic carboxylic acids is 1. The van der Waals surface area contributed by atoms with Crippen LogP contribution in [0.25, 0.3) is 10.8 Å². The van der Waals surface area contributed by atoms with E-state index in [0.29, 0.717) is 28.6 Å². The summed E-state index contributed by atoms with van der Waals surface area (Å²) in [5.41, 5.74) is 0.178. The Balaban J connectivity index is 1.62. The molecule has 1 aromatic carbocycles. The summed E-state index contributed by atoms with van der Waals surface area (Å²) in [5.74, 6) is -1.15. The third kappa shape index (κ3) is 2.63. The molecule has 3 aliphatic rings. The van der Waals surface area contributed by atoms with Crippen LogP contribution in [-0.4, -0.2) is 52.7 Å². The van der Waals surface area contributed by atoms with Gasteiger partial charge in [-0.05, 0) is 37.1 Å². The van der Waals surface area contributed by atoms with Crippen LogP contribution < -0.4 is 10.3 Å². The number of hydrogen-bond donors (Lipinski definition) is 2. The molecule has 150 valence electrons. The predicted molar refractivity (Wildman–Crippen MR) is 103 cm³/mol. The Kier molecular flexibility index (Phi) is 3.90. The maximum atomic E-state index is 13.1. The molecule has 3 heterocycles. The highest BCUT2D eigenvalue weighted by atomic mass is 32.2. The van der Waals surface area contributed by atoms with E-state index >= 15 is 0 Å². The fourth-order valence-corrected chi connectivity index (χ4v) is 6.00. The number of nitrogens with zero attached hydrogens (tertiary/aromatic N) is 2. The Bertz CT molecular complexity index is 1260. The third-order valence-corrected chi connectivity index (χ3v) is 7.55. The molecule has 5 rings (SSSR count). The quantitative estimate of drug-likeness (QED) is 0.768. The summed E-state index contributed by atoms with van der Waals surface area (Å²) in [6.07, 6.45) is 4.93. The minimum Gasteiger partial charge on any atom is -0.485 e. The summed E-state index contributed by atoms with van der Waals surface area (Å²) >= 11 is 0. The van der Waals surface area contributed by atoms with Crippen molar-refractivity contribution in [3.63, 3.8) is 0 Å². The molecule has 1 aromatic heterocycles. The average Bonchev–Trinajstić information content (AvgIpc) is 3.21. The summed E-state index contributed by atoms with van der Waals surface area (Å²) in [6.45, 7) is 0.166. The molecule has 2 unspecified atom stereocenters. The van der Waals surface area contributed by atoms with Crippen LogP contribution in [0.1, 0.15) is 24.5 Å². The van der Waals surface area contributed by atoms with E-state index in [-0.39, 0.29) is 23.4 Å². The van der Waals surface area contributed by atoms with Gasteiger partial charge >= 0.3 is 5.97 Å². The standard InChI is InChI=1S/C19H17N3O6S/c23-18-11-3-1-5-15-16(11)17(20-21-18)12-9-10(6-7-14(12)28-15)29(26,27)22-8-2-4-13(22)19(24)25/h1,3,5-7,9,12-14H,2,4,8H2,(H,21,23)(H,24,25)/t12?,13-,14?/m0/s1. The third-order valence-electron chi connectivity index (χ3n) is 5.63. The smallest absolute Gasteiger partial charge is 0.322 e. The van der Waals surface area contributed by atoms with E-state index in [2.05, 4.69) is 10.2 Å². The molecular weight excluding hydrogens is 398 g/mol. The van der Waals surface area contributed by atoms with Crippen LogP contribution in [0.4, 0.5) is 0 Å². The van der Waals surface area contributed by atoms with Crippen LogP contribution in [0, 0.1) is 0 Å². The fraction of sp³-hybridized carbons (Fsp3) is 0.316. The molecule has 2 aromatic rings. The highest BCUT2D eigenvalue weighted by molar-refractivity contribution is 7.93. The lowest BCUT2D eigenvalue weighted by atomic mass is 9.88. The van der Waals surface area contributed by atoms with Crippen LogP contribution in [0.5, 0.6) is 5.75 Å². The number of fused-ring (bicyclic) bond motifs is 2. The Morgan fingerprint density at radius 1 is 1.34 bits per heavy atom. The molecule has 0 radical (unpaired) electrons. The van der Waals surface area contributed by atoms with E-state index in [4.69, 9.17) is 4.74 Å². The van der Waals surface area contributed by atoms with E-state index < -0.39 is 34.1 Å². The molecule has 0 spiro atoms. The molecule has 29 heavy (non-hydrogen) atoms. The number of carbonyl (C=O) groups is 1. The van der Waals surface area contributed by atoms with Gasteiger partial charge in [0.1, 0.15) is 17.9 Å². The largest absolute Gasteiger partial charge is 0.485 e. The molecule has 0 amide bonds. The predicted octanol–water partition coefficient (Wildman–Crippen LogP) is 1.10. The van der Waals surface area contributed by atoms with Crippen molar-refractivity contribution >= 4 is 26.8 Å². The van der Waals surface area contributed by atoms with Crippen molar-refractivity contribution in [2.75, 3.05) is 6.54 Å². The molecule has 0 saturated carbocycles. The number of sulfonamides is 1. The highest BCUT2D eigenvalue weighted by Gasteiger charge is 2.42. The molecule has 9 nitrogen and oxygen atoms in total. The lowest BCUT2D eigenvalue weighted by Crippen LogP contribution is -2.41. The highest BCUT2D eigenvalue weighted by Crippen LogP contribution is 2.42. The zero-order chi connectivity index (χ0) is 20.3. The number of hydrogen-bond acceptors (Lipinski definition) is 6. The minimum atomic E-state index is -3.99. The summed E-state index contributed by atoms with van der Waals surface area (Å²) in [4.78, 5) is 23.6. The minimum absolute atomic E-state index is 0.0102. The number of carboxylic acid groups (broad SMARTS) is 1. The number of nitrogens with one attached hydrogen (secondary N) is 1. The first-order valence-electron chi connectivity index (χ1n) is 9.20. The van der Waals surface area contributed by atoms with Gasteiger partial charge in [0.2, 0.25) is 10.0 Å². The van der Waals surface area contributed by atoms with Crippen molar-refractivity contribution in [3.05, 3.63) is 57.4 Å². The number of H-pyrrole nitrogens is 1. The zero-order valence-electron chi connectivity index (χ0n) is 15.1. The van der Waals surface area contributed by atoms with Gasteiger partial charge in [0.05, 0.1) is 27.3 Å². The lowest BCUT2D eigenvalue weighted by Gasteiger charge is -2.32. The van der Waals surface area contributed by atoms with Crippen LogP contribution >= 0.6 is 0 Å². The Morgan fingerprint density at radius 2 is 2.17 bits per heavy atom. The summed E-state index contributed by atoms with van der Waals surface area (Å²) in [6, 6.07) is 4.06. The molecule has 3 atom stereocenters. The van der Waals surface area contributed by atoms with Crippen molar-refractivity contribution in [1.82, 2.24) is 14.5 Å². The van der Waals surface area contributed by atoms with Crippen molar-refractivity contribution < 1.29 is 23.1 Å². The van der Waals surface area contributed by atoms with Crippen molar-refractivity contribution in [1.29, 1.82) is 0 Å². The fourth-order valence-electron chi connectivity index (χ4n) is 4.26. The molecule has 1 saturated heterocycles. The van der Waals surface area contributed by atoms with Crippen molar-refractivity contribution in [2.45, 2.75) is 30.9 Å². The van der Waals surface area contributed by atoms with Gasteiger partial charge in [0.25, 0.3) is 5.56 Å². The van der Waals surface area contributed by atoms with Gasteiger partial charge in [-0.25, -0.2) is 13.5 Å². The van der Waals surface area contributed by atoms with Crippen LogP contribution in [0.3, 0.4) is 0 Å². The van der Waals surface area contributed by atoms with Gasteiger partial charge in [-0.15, -0.1) is 0 Å². The maximum Gasteiger partial charge on any atom is 0.322 e. The Morgan fingerprint density at radius 3 is 2.97 bits per heavy atom. The lowest BCUT2D eigenvalue weighted by molar-refractivity contribution is -0.140. The monoisotopic (exact) mass is 415 g/mol. The van der Waals surface area contributed by atoms with Gasteiger partial charge in [0.15, 0.2) is 0 Å². The second-order valence-corrected chi connectivity index (χ2v) is 9.16. The van der Waals surface area contributed by atoms with E-state index in [1.54, 1.807) is 24.3 Å². The molecular formula is C19H17N3O6S. The number of aromatic nitrogens is 2. The van der Waals surface area contributed by atoms with Gasteiger partial charge < -0.3 is 9.84 Å². The van der Waals surface area contributed by atoms with Gasteiger partial charge in [0, 0.05) is 6.54 Å². The number of ether oxygens (including phenoxy) is 1. The molecule has 0 bridgehead atoms. The molecule has 2 N–H and O–H groups in total. The van der Waals surface area contributed by atoms with Crippen LogP contribution in [0.15, 0.2) is 46.1 Å². The number of aromatic amines is 1. The van der Waals surface area contributed by atoms with E-state index in [1.807, 2.05) is 0 Å². The molecule has 1 fully saturated rings. The first-order valence-corrected chi connectivity index (χ1v) is 10.6. The van der Waals surface area contributed by atoms with Crippen LogP contribution in [0.2, 0.25) is 0 Å². The average molecular weight is 415 g/mol. The Hall–Kier alpha value is -2.98. The SMILES string of the molecule is O=C(O)[C@@H]1CCCN1S(=O)(=O)C1=CC2c3n[nH]c(=O)c4cccc(c34)OC2C=C1. The Labute approximate surface area is 165 Å². The molecule has 1 aliphatic carbocycles. The number of benzene rings is 1. The van der Waals surface area contributed by atoms with Gasteiger partial charge in [-0.2, -0.15) is 9.40 Å². The van der Waals surface area contributed by atoms with E-state index in [0.717, 1.165) is 4.31 Å². The van der Waals surface area contributed by atoms with Gasteiger partial charge in [-0.1, -0.05) is 12.1 Å². The number of allylic oxidation sites excluding steroid dienone is 1. The number of carboxylic acids is 1. The second kappa shape index (κ2) is 6.26. The van der Waals surface area contributed by atoms with Crippen molar-refractivity contribution in [3.8, 4) is 5.75 Å². The maximum absolute atomic E-state index is 13.1. The van der Waals surface area contributed by atoms with E-state index in [1.165, 1.54) is 12.2 Å². The summed E-state index contributed by atoms with van der Waals surface area (Å²) < 4.78 is 33.3. The first-order chi connectivity index (χ1) is 13.9.